The second-order valence-electron chi connectivity index (χ2n) is 6.76. The second kappa shape index (κ2) is 6.75. The van der Waals surface area contributed by atoms with Gasteiger partial charge in [0.2, 0.25) is 0 Å². The first kappa shape index (κ1) is 17.3. The number of amides is 1. The van der Waals surface area contributed by atoms with Crippen LogP contribution in [0.3, 0.4) is 0 Å². The molecule has 0 spiro atoms. The summed E-state index contributed by atoms with van der Waals surface area (Å²) in [7, 11) is 0. The van der Waals surface area contributed by atoms with E-state index in [0.29, 0.717) is 31.4 Å². The molecule has 1 aromatic carbocycles. The minimum atomic E-state index is -0.830. The van der Waals surface area contributed by atoms with Gasteiger partial charge in [-0.1, -0.05) is 19.1 Å². The van der Waals surface area contributed by atoms with Gasteiger partial charge in [0.15, 0.2) is 0 Å². The lowest BCUT2D eigenvalue weighted by atomic mass is 9.77. The maximum atomic E-state index is 12.9. The maximum Gasteiger partial charge on any atom is 0.311 e. The molecule has 132 valence electrons. The third-order valence-corrected chi connectivity index (χ3v) is 5.13. The van der Waals surface area contributed by atoms with Gasteiger partial charge in [0, 0.05) is 24.2 Å². The van der Waals surface area contributed by atoms with Gasteiger partial charge >= 0.3 is 5.97 Å². The fraction of sp³-hybridized carbons (Fsp3) is 0.400. The number of benzene rings is 1. The number of carbonyl (C=O) groups excluding carboxylic acids is 1. The van der Waals surface area contributed by atoms with Crippen molar-refractivity contribution in [3.05, 3.63) is 47.7 Å². The third-order valence-electron chi connectivity index (χ3n) is 5.13. The van der Waals surface area contributed by atoms with Crippen molar-refractivity contribution in [3.8, 4) is 11.3 Å². The number of aliphatic carboxylic acids is 1. The van der Waals surface area contributed by atoms with Crippen molar-refractivity contribution in [2.75, 3.05) is 13.1 Å². The summed E-state index contributed by atoms with van der Waals surface area (Å²) < 4.78 is 5.63. The number of carbonyl (C=O) groups is 2. The highest BCUT2D eigenvalue weighted by atomic mass is 16.4. The molecule has 1 aliphatic rings. The van der Waals surface area contributed by atoms with Gasteiger partial charge in [0.05, 0.1) is 5.41 Å². The van der Waals surface area contributed by atoms with Crippen LogP contribution in [0.15, 0.2) is 40.8 Å². The molecule has 1 fully saturated rings. The first-order chi connectivity index (χ1) is 11.9. The van der Waals surface area contributed by atoms with Gasteiger partial charge in [-0.25, -0.2) is 0 Å². The number of aryl methyl sites for hydroxylation is 1. The van der Waals surface area contributed by atoms with E-state index in [1.54, 1.807) is 11.0 Å². The molecule has 1 unspecified atom stereocenters. The van der Waals surface area contributed by atoms with Crippen molar-refractivity contribution >= 4 is 11.9 Å². The summed E-state index contributed by atoms with van der Waals surface area (Å²) in [5.41, 5.74) is 0.573. The van der Waals surface area contributed by atoms with Crippen molar-refractivity contribution in [1.29, 1.82) is 0 Å². The molecule has 1 aliphatic heterocycles. The standard InChI is InChI=1S/C20H23NO4/c1-3-20(19(23)24)10-5-11-21(13-20)18(22)16-7-4-6-15(12-16)17-9-8-14(2)25-17/h4,6-9,12H,3,5,10-11,13H2,1-2H3,(H,23,24). The van der Waals surface area contributed by atoms with Crippen LogP contribution in [0.1, 0.15) is 42.3 Å². The lowest BCUT2D eigenvalue weighted by Crippen LogP contribution is -2.49. The summed E-state index contributed by atoms with van der Waals surface area (Å²) in [6.07, 6.45) is 1.86. The minimum absolute atomic E-state index is 0.121. The Balaban J connectivity index is 1.84. The molecule has 25 heavy (non-hydrogen) atoms. The minimum Gasteiger partial charge on any atom is -0.481 e. The van der Waals surface area contributed by atoms with E-state index in [-0.39, 0.29) is 12.5 Å². The molecule has 1 atom stereocenters. The Hall–Kier alpha value is -2.56. The topological polar surface area (TPSA) is 70.8 Å². The van der Waals surface area contributed by atoms with Crippen LogP contribution in [0.4, 0.5) is 0 Å². The monoisotopic (exact) mass is 341 g/mol. The van der Waals surface area contributed by atoms with Crippen LogP contribution in [0.5, 0.6) is 0 Å². The van der Waals surface area contributed by atoms with Gasteiger partial charge in [-0.3, -0.25) is 9.59 Å². The van der Waals surface area contributed by atoms with E-state index in [0.717, 1.165) is 17.1 Å². The molecule has 3 rings (SSSR count). The number of piperidine rings is 1. The molecule has 1 aromatic heterocycles. The Bertz CT molecular complexity index is 794. The van der Waals surface area contributed by atoms with Gasteiger partial charge < -0.3 is 14.4 Å². The summed E-state index contributed by atoms with van der Waals surface area (Å²) in [5.74, 6) is 0.604. The smallest absolute Gasteiger partial charge is 0.311 e. The van der Waals surface area contributed by atoms with Gasteiger partial charge in [-0.05, 0) is 50.5 Å². The molecular formula is C20H23NO4. The SMILES string of the molecule is CCC1(C(=O)O)CCCN(C(=O)c2cccc(-c3ccc(C)o3)c2)C1. The zero-order valence-corrected chi connectivity index (χ0v) is 14.6. The average Bonchev–Trinajstić information content (AvgIpc) is 3.07. The van der Waals surface area contributed by atoms with Crippen molar-refractivity contribution in [3.63, 3.8) is 0 Å². The zero-order valence-electron chi connectivity index (χ0n) is 14.6. The normalized spacial score (nSPS) is 20.5. The van der Waals surface area contributed by atoms with E-state index >= 15 is 0 Å². The fourth-order valence-electron chi connectivity index (χ4n) is 3.50. The maximum absolute atomic E-state index is 12.9. The number of hydrogen-bond acceptors (Lipinski definition) is 3. The largest absolute Gasteiger partial charge is 0.481 e. The highest BCUT2D eigenvalue weighted by Gasteiger charge is 2.42. The number of carboxylic acids is 1. The van der Waals surface area contributed by atoms with E-state index in [9.17, 15) is 14.7 Å². The van der Waals surface area contributed by atoms with Crippen LogP contribution in [0.25, 0.3) is 11.3 Å². The van der Waals surface area contributed by atoms with E-state index < -0.39 is 11.4 Å². The van der Waals surface area contributed by atoms with Crippen LogP contribution in [0, 0.1) is 12.3 Å². The van der Waals surface area contributed by atoms with Gasteiger partial charge in [0.1, 0.15) is 11.5 Å². The average molecular weight is 341 g/mol. The quantitative estimate of drug-likeness (QED) is 0.913. The van der Waals surface area contributed by atoms with E-state index in [1.165, 1.54) is 0 Å². The van der Waals surface area contributed by atoms with Crippen LogP contribution in [-0.2, 0) is 4.79 Å². The predicted molar refractivity (Wildman–Crippen MR) is 94.4 cm³/mol. The van der Waals surface area contributed by atoms with Gasteiger partial charge in [-0.2, -0.15) is 0 Å². The number of hydrogen-bond donors (Lipinski definition) is 1. The summed E-state index contributed by atoms with van der Waals surface area (Å²) >= 11 is 0. The molecule has 5 nitrogen and oxygen atoms in total. The predicted octanol–water partition coefficient (Wildman–Crippen LogP) is 3.97. The molecule has 0 radical (unpaired) electrons. The second-order valence-corrected chi connectivity index (χ2v) is 6.76. The van der Waals surface area contributed by atoms with Gasteiger partial charge in [-0.15, -0.1) is 0 Å². The van der Waals surface area contributed by atoms with Crippen LogP contribution >= 0.6 is 0 Å². The Kier molecular flexibility index (Phi) is 4.66. The molecule has 1 saturated heterocycles. The molecule has 2 aromatic rings. The first-order valence-corrected chi connectivity index (χ1v) is 8.65. The summed E-state index contributed by atoms with van der Waals surface area (Å²) in [5, 5.41) is 9.60. The van der Waals surface area contributed by atoms with E-state index in [2.05, 4.69) is 0 Å². The Morgan fingerprint density at radius 2 is 2.08 bits per heavy atom. The summed E-state index contributed by atoms with van der Waals surface area (Å²) in [6, 6.07) is 11.1. The molecule has 0 saturated carbocycles. The van der Waals surface area contributed by atoms with Crippen LogP contribution in [0.2, 0.25) is 0 Å². The number of furan rings is 1. The van der Waals surface area contributed by atoms with Crippen LogP contribution < -0.4 is 0 Å². The number of carboxylic acid groups (broad SMARTS) is 1. The van der Waals surface area contributed by atoms with Crippen molar-refractivity contribution in [2.45, 2.75) is 33.1 Å². The van der Waals surface area contributed by atoms with Crippen molar-refractivity contribution in [2.24, 2.45) is 5.41 Å². The first-order valence-electron chi connectivity index (χ1n) is 8.65. The summed E-state index contributed by atoms with van der Waals surface area (Å²) in [6.45, 7) is 4.62. The van der Waals surface area contributed by atoms with Crippen molar-refractivity contribution < 1.29 is 19.1 Å². The van der Waals surface area contributed by atoms with Crippen LogP contribution in [-0.4, -0.2) is 35.0 Å². The fourth-order valence-corrected chi connectivity index (χ4v) is 3.50. The molecule has 1 amide bonds. The number of likely N-dealkylation sites (tertiary alicyclic amines) is 1. The highest BCUT2D eigenvalue weighted by molar-refractivity contribution is 5.95. The number of rotatable bonds is 4. The number of nitrogens with zero attached hydrogens (tertiary/aromatic N) is 1. The van der Waals surface area contributed by atoms with E-state index in [4.69, 9.17) is 4.42 Å². The molecule has 2 heterocycles. The Labute approximate surface area is 147 Å². The Morgan fingerprint density at radius 1 is 1.28 bits per heavy atom. The lowest BCUT2D eigenvalue weighted by Gasteiger charge is -2.39. The molecule has 0 aliphatic carbocycles. The Morgan fingerprint density at radius 3 is 2.72 bits per heavy atom. The molecule has 5 heteroatoms. The van der Waals surface area contributed by atoms with Crippen molar-refractivity contribution in [1.82, 2.24) is 4.90 Å². The molecular weight excluding hydrogens is 318 g/mol. The summed E-state index contributed by atoms with van der Waals surface area (Å²) in [4.78, 5) is 26.3. The zero-order chi connectivity index (χ0) is 18.0. The molecule has 0 bridgehead atoms. The third kappa shape index (κ3) is 3.31. The van der Waals surface area contributed by atoms with Gasteiger partial charge in [0.25, 0.3) is 5.91 Å². The highest BCUT2D eigenvalue weighted by Crippen LogP contribution is 2.34. The molecule has 1 N–H and O–H groups in total. The van der Waals surface area contributed by atoms with E-state index in [1.807, 2.05) is 44.2 Å². The lowest BCUT2D eigenvalue weighted by molar-refractivity contribution is -0.152.